The number of carbonyl (C=O) groups excluding carboxylic acids is 2. The van der Waals surface area contributed by atoms with Gasteiger partial charge in [0.2, 0.25) is 11.8 Å². The SMILES string of the molecule is CN=CC(=CN)c1ccncc1/C=C/C(=O)Nc1ccc2c(c1)CN(C(=O)C1CC1)CC2. The van der Waals surface area contributed by atoms with Gasteiger partial charge in [0.05, 0.1) is 0 Å². The van der Waals surface area contributed by atoms with E-state index in [4.69, 9.17) is 5.73 Å². The minimum Gasteiger partial charge on any atom is -0.404 e. The molecule has 1 fully saturated rings. The maximum absolute atomic E-state index is 12.6. The minimum atomic E-state index is -0.246. The summed E-state index contributed by atoms with van der Waals surface area (Å²) in [5, 5.41) is 2.91. The monoisotopic (exact) mass is 429 g/mol. The number of hydrogen-bond acceptors (Lipinski definition) is 5. The van der Waals surface area contributed by atoms with Crippen molar-refractivity contribution in [2.75, 3.05) is 18.9 Å². The zero-order valence-corrected chi connectivity index (χ0v) is 18.1. The predicted molar refractivity (Wildman–Crippen MR) is 127 cm³/mol. The number of rotatable bonds is 6. The first-order chi connectivity index (χ1) is 15.6. The highest BCUT2D eigenvalue weighted by Crippen LogP contribution is 2.33. The molecule has 1 aliphatic heterocycles. The van der Waals surface area contributed by atoms with Gasteiger partial charge in [-0.1, -0.05) is 6.07 Å². The number of allylic oxidation sites excluding steroid dienone is 1. The number of hydrogen-bond donors (Lipinski definition) is 2. The zero-order chi connectivity index (χ0) is 22.5. The Bertz CT molecular complexity index is 1120. The number of nitrogens with zero attached hydrogens (tertiary/aromatic N) is 3. The fourth-order valence-corrected chi connectivity index (χ4v) is 3.90. The molecule has 0 spiro atoms. The van der Waals surface area contributed by atoms with Crippen molar-refractivity contribution in [1.29, 1.82) is 0 Å². The van der Waals surface area contributed by atoms with Gasteiger partial charge in [-0.2, -0.15) is 0 Å². The van der Waals surface area contributed by atoms with E-state index in [0.29, 0.717) is 12.2 Å². The highest BCUT2D eigenvalue weighted by molar-refractivity contribution is 6.11. The topological polar surface area (TPSA) is 101 Å². The van der Waals surface area contributed by atoms with E-state index in [2.05, 4.69) is 15.3 Å². The minimum absolute atomic E-state index is 0.222. The Morgan fingerprint density at radius 3 is 2.84 bits per heavy atom. The van der Waals surface area contributed by atoms with Crippen LogP contribution in [0.25, 0.3) is 11.6 Å². The highest BCUT2D eigenvalue weighted by atomic mass is 16.2. The van der Waals surface area contributed by atoms with Gasteiger partial charge in [-0.25, -0.2) is 0 Å². The van der Waals surface area contributed by atoms with Gasteiger partial charge < -0.3 is 16.0 Å². The molecule has 2 aliphatic rings. The van der Waals surface area contributed by atoms with Crippen molar-refractivity contribution in [2.45, 2.75) is 25.8 Å². The van der Waals surface area contributed by atoms with Crippen molar-refractivity contribution in [2.24, 2.45) is 16.6 Å². The molecular weight excluding hydrogens is 402 g/mol. The number of anilines is 1. The summed E-state index contributed by atoms with van der Waals surface area (Å²) in [5.74, 6) is 0.239. The van der Waals surface area contributed by atoms with Crippen molar-refractivity contribution >= 4 is 35.4 Å². The lowest BCUT2D eigenvalue weighted by molar-refractivity contribution is -0.133. The molecular formula is C25H27N5O2. The Hall–Kier alpha value is -3.74. The summed E-state index contributed by atoms with van der Waals surface area (Å²) >= 11 is 0. The first-order valence-corrected chi connectivity index (χ1v) is 10.8. The second kappa shape index (κ2) is 9.60. The third kappa shape index (κ3) is 4.94. The lowest BCUT2D eigenvalue weighted by Crippen LogP contribution is -2.36. The van der Waals surface area contributed by atoms with Crippen LogP contribution in [0.1, 0.15) is 35.1 Å². The van der Waals surface area contributed by atoms with Crippen LogP contribution in [0.2, 0.25) is 0 Å². The summed E-state index contributed by atoms with van der Waals surface area (Å²) in [6.07, 6.45) is 12.5. The van der Waals surface area contributed by atoms with Crippen LogP contribution in [0.4, 0.5) is 5.69 Å². The average molecular weight is 430 g/mol. The second-order valence-electron chi connectivity index (χ2n) is 8.06. The molecule has 7 nitrogen and oxygen atoms in total. The van der Waals surface area contributed by atoms with E-state index in [9.17, 15) is 9.59 Å². The fraction of sp³-hybridized carbons (Fsp3) is 0.280. The molecule has 7 heteroatoms. The van der Waals surface area contributed by atoms with Crippen molar-refractivity contribution in [3.8, 4) is 0 Å². The van der Waals surface area contributed by atoms with Crippen LogP contribution in [0.5, 0.6) is 0 Å². The molecule has 164 valence electrons. The van der Waals surface area contributed by atoms with E-state index in [1.54, 1.807) is 31.7 Å². The number of benzene rings is 1. The summed E-state index contributed by atoms with van der Waals surface area (Å²) in [7, 11) is 1.67. The van der Waals surface area contributed by atoms with Gasteiger partial charge in [-0.15, -0.1) is 0 Å². The van der Waals surface area contributed by atoms with Crippen LogP contribution in [-0.4, -0.2) is 41.5 Å². The van der Waals surface area contributed by atoms with Crippen LogP contribution in [0, 0.1) is 5.92 Å². The smallest absolute Gasteiger partial charge is 0.248 e. The predicted octanol–water partition coefficient (Wildman–Crippen LogP) is 3.03. The standard InChI is InChI=1S/C25H27N5O2/c1-27-14-21(13-26)23-8-10-28-15-19(23)5-7-24(31)29-22-6-4-17-9-11-30(16-20(17)12-22)25(32)18-2-3-18/h4-8,10,12-15,18H,2-3,9,11,16,26H2,1H3,(H,29,31)/b7-5+,21-13?,27-14?. The number of aliphatic imine (C=N–C) groups is 1. The Kier molecular flexibility index (Phi) is 6.44. The number of carbonyl (C=O) groups is 2. The van der Waals surface area contributed by atoms with Crippen LogP contribution in [0.15, 0.2) is 53.9 Å². The number of fused-ring (bicyclic) bond motifs is 1. The maximum Gasteiger partial charge on any atom is 0.248 e. The van der Waals surface area contributed by atoms with Crippen molar-refractivity contribution in [1.82, 2.24) is 9.88 Å². The summed E-state index contributed by atoms with van der Waals surface area (Å²) < 4.78 is 0. The van der Waals surface area contributed by atoms with Gasteiger partial charge in [0, 0.05) is 73.8 Å². The molecule has 1 aromatic heterocycles. The van der Waals surface area contributed by atoms with E-state index >= 15 is 0 Å². The molecule has 3 N–H and O–H groups in total. The quantitative estimate of drug-likeness (QED) is 0.544. The van der Waals surface area contributed by atoms with Crippen LogP contribution >= 0.6 is 0 Å². The summed E-state index contributed by atoms with van der Waals surface area (Å²) in [6, 6.07) is 7.74. The molecule has 2 amide bonds. The number of amides is 2. The first-order valence-electron chi connectivity index (χ1n) is 10.8. The Morgan fingerprint density at radius 2 is 2.09 bits per heavy atom. The van der Waals surface area contributed by atoms with Gasteiger partial charge in [0.25, 0.3) is 0 Å². The number of nitrogens with one attached hydrogen (secondary N) is 1. The van der Waals surface area contributed by atoms with E-state index in [0.717, 1.165) is 48.1 Å². The van der Waals surface area contributed by atoms with Crippen LogP contribution in [-0.2, 0) is 22.6 Å². The van der Waals surface area contributed by atoms with E-state index in [1.165, 1.54) is 17.8 Å². The summed E-state index contributed by atoms with van der Waals surface area (Å²) in [5.41, 5.74) is 11.1. The third-order valence-corrected chi connectivity index (χ3v) is 5.75. The van der Waals surface area contributed by atoms with Gasteiger partial charge in [-0.05, 0) is 60.2 Å². The van der Waals surface area contributed by atoms with Crippen molar-refractivity contribution in [3.63, 3.8) is 0 Å². The third-order valence-electron chi connectivity index (χ3n) is 5.75. The second-order valence-corrected chi connectivity index (χ2v) is 8.06. The van der Waals surface area contributed by atoms with E-state index < -0.39 is 0 Å². The van der Waals surface area contributed by atoms with E-state index in [-0.39, 0.29) is 17.7 Å². The molecule has 1 aliphatic carbocycles. The molecule has 0 saturated heterocycles. The van der Waals surface area contributed by atoms with Crippen LogP contribution in [0.3, 0.4) is 0 Å². The van der Waals surface area contributed by atoms with Crippen molar-refractivity contribution in [3.05, 3.63) is 71.2 Å². The Labute approximate surface area is 187 Å². The Morgan fingerprint density at radius 1 is 1.25 bits per heavy atom. The molecule has 1 aromatic carbocycles. The summed E-state index contributed by atoms with van der Waals surface area (Å²) in [4.78, 5) is 35.1. The zero-order valence-electron chi connectivity index (χ0n) is 18.1. The molecule has 0 bridgehead atoms. The molecule has 32 heavy (non-hydrogen) atoms. The number of aromatic nitrogens is 1. The molecule has 0 radical (unpaired) electrons. The maximum atomic E-state index is 12.6. The van der Waals surface area contributed by atoms with Gasteiger partial charge >= 0.3 is 0 Å². The fourth-order valence-electron chi connectivity index (χ4n) is 3.90. The number of pyridine rings is 1. The largest absolute Gasteiger partial charge is 0.404 e. The molecule has 2 heterocycles. The first kappa shape index (κ1) is 21.5. The lowest BCUT2D eigenvalue weighted by Gasteiger charge is -2.29. The molecule has 2 aromatic rings. The van der Waals surface area contributed by atoms with Gasteiger partial charge in [0.1, 0.15) is 0 Å². The lowest BCUT2D eigenvalue weighted by atomic mass is 9.98. The molecule has 4 rings (SSSR count). The van der Waals surface area contributed by atoms with E-state index in [1.807, 2.05) is 29.2 Å². The molecule has 0 unspecified atom stereocenters. The number of nitrogens with two attached hydrogens (primary N) is 1. The van der Waals surface area contributed by atoms with Gasteiger partial charge in [-0.3, -0.25) is 19.6 Å². The highest BCUT2D eigenvalue weighted by Gasteiger charge is 2.34. The van der Waals surface area contributed by atoms with Crippen LogP contribution < -0.4 is 11.1 Å². The van der Waals surface area contributed by atoms with Crippen molar-refractivity contribution < 1.29 is 9.59 Å². The average Bonchev–Trinajstić information content (AvgIpc) is 3.66. The molecule has 1 saturated carbocycles. The molecule has 0 atom stereocenters. The van der Waals surface area contributed by atoms with Gasteiger partial charge in [0.15, 0.2) is 0 Å². The Balaban J connectivity index is 1.45. The normalized spacial score (nSPS) is 16.4. The summed E-state index contributed by atoms with van der Waals surface area (Å²) in [6.45, 7) is 1.38.